The number of aromatic nitrogens is 4. The molecule has 25 heavy (non-hydrogen) atoms. The van der Waals surface area contributed by atoms with Crippen LogP contribution in [0.1, 0.15) is 18.3 Å². The molecule has 8 heteroatoms. The molecule has 2 aromatic heterocycles. The maximum absolute atomic E-state index is 11.6. The van der Waals surface area contributed by atoms with Gasteiger partial charge < -0.3 is 9.30 Å². The van der Waals surface area contributed by atoms with Gasteiger partial charge >= 0.3 is 5.97 Å². The van der Waals surface area contributed by atoms with E-state index in [9.17, 15) is 4.79 Å². The van der Waals surface area contributed by atoms with E-state index >= 15 is 0 Å². The van der Waals surface area contributed by atoms with E-state index in [1.54, 1.807) is 11.5 Å². The van der Waals surface area contributed by atoms with E-state index in [-0.39, 0.29) is 12.4 Å². The number of pyridine rings is 1. The lowest BCUT2D eigenvalue weighted by molar-refractivity contribution is -0.142. The first kappa shape index (κ1) is 17.7. The van der Waals surface area contributed by atoms with Crippen LogP contribution in [0.25, 0.3) is 10.9 Å². The average Bonchev–Trinajstić information content (AvgIpc) is 2.93. The highest BCUT2D eigenvalue weighted by Gasteiger charge is 2.14. The number of thioether (sulfide) groups is 1. The van der Waals surface area contributed by atoms with E-state index < -0.39 is 0 Å². The third-order valence-corrected chi connectivity index (χ3v) is 5.04. The topological polar surface area (TPSA) is 69.9 Å². The van der Waals surface area contributed by atoms with Gasteiger partial charge in [-0.15, -0.1) is 10.2 Å². The van der Waals surface area contributed by atoms with Crippen molar-refractivity contribution in [3.05, 3.63) is 46.9 Å². The maximum Gasteiger partial charge on any atom is 0.313 e. The molecule has 0 saturated carbocycles. The zero-order chi connectivity index (χ0) is 17.8. The maximum atomic E-state index is 11.6. The highest BCUT2D eigenvalue weighted by Crippen LogP contribution is 2.27. The van der Waals surface area contributed by atoms with E-state index in [0.717, 1.165) is 16.5 Å². The lowest BCUT2D eigenvalue weighted by Gasteiger charge is -2.06. The number of carbonyl (C=O) groups is 1. The van der Waals surface area contributed by atoms with Gasteiger partial charge in [0.2, 0.25) is 0 Å². The van der Waals surface area contributed by atoms with Gasteiger partial charge in [0.1, 0.15) is 17.4 Å². The molecule has 0 aliphatic heterocycles. The van der Waals surface area contributed by atoms with Crippen molar-refractivity contribution in [2.75, 3.05) is 6.61 Å². The van der Waals surface area contributed by atoms with Crippen LogP contribution < -0.4 is 0 Å². The van der Waals surface area contributed by atoms with Gasteiger partial charge in [0.05, 0.1) is 12.1 Å². The second-order valence-corrected chi connectivity index (χ2v) is 6.66. The van der Waals surface area contributed by atoms with Gasteiger partial charge in [-0.1, -0.05) is 41.6 Å². The van der Waals surface area contributed by atoms with Crippen molar-refractivity contribution in [2.45, 2.75) is 24.3 Å². The summed E-state index contributed by atoms with van der Waals surface area (Å²) >= 11 is 7.79. The molecular formula is C17H17ClN4O2S. The molecule has 0 fully saturated rings. The third kappa shape index (κ3) is 4.11. The van der Waals surface area contributed by atoms with E-state index in [4.69, 9.17) is 16.3 Å². The van der Waals surface area contributed by atoms with Crippen molar-refractivity contribution in [3.63, 3.8) is 0 Å². The summed E-state index contributed by atoms with van der Waals surface area (Å²) in [6, 6.07) is 9.88. The molecule has 0 atom stereocenters. The van der Waals surface area contributed by atoms with Crippen molar-refractivity contribution in [1.29, 1.82) is 0 Å². The van der Waals surface area contributed by atoms with Crippen molar-refractivity contribution in [3.8, 4) is 0 Å². The highest BCUT2D eigenvalue weighted by atomic mass is 35.5. The third-order valence-electron chi connectivity index (χ3n) is 3.64. The predicted octanol–water partition coefficient (Wildman–Crippen LogP) is 3.41. The van der Waals surface area contributed by atoms with E-state index in [0.29, 0.717) is 28.5 Å². The lowest BCUT2D eigenvalue weighted by Crippen LogP contribution is -2.11. The Morgan fingerprint density at radius 2 is 2.12 bits per heavy atom. The largest absolute Gasteiger partial charge is 0.466 e. The molecule has 3 aromatic rings. The first-order valence-corrected chi connectivity index (χ1v) is 9.15. The van der Waals surface area contributed by atoms with Crippen molar-refractivity contribution in [2.24, 2.45) is 7.05 Å². The summed E-state index contributed by atoms with van der Waals surface area (Å²) in [5, 5.41) is 10.4. The van der Waals surface area contributed by atoms with E-state index in [1.165, 1.54) is 11.8 Å². The summed E-state index contributed by atoms with van der Waals surface area (Å²) in [5.74, 6) is 0.877. The van der Waals surface area contributed by atoms with Crippen molar-refractivity contribution in [1.82, 2.24) is 19.7 Å². The predicted molar refractivity (Wildman–Crippen MR) is 97.7 cm³/mol. The Bertz CT molecular complexity index is 913. The molecule has 2 heterocycles. The molecule has 0 saturated heterocycles. The number of esters is 1. The minimum Gasteiger partial charge on any atom is -0.466 e. The Hall–Kier alpha value is -2.12. The summed E-state index contributed by atoms with van der Waals surface area (Å²) in [4.78, 5) is 16.0. The van der Waals surface area contributed by atoms with Gasteiger partial charge in [-0.3, -0.25) is 4.79 Å². The summed E-state index contributed by atoms with van der Waals surface area (Å²) in [6.45, 7) is 2.13. The molecule has 1 aromatic carbocycles. The van der Waals surface area contributed by atoms with Crippen LogP contribution in [0.3, 0.4) is 0 Å². The van der Waals surface area contributed by atoms with Crippen LogP contribution in [0.15, 0.2) is 35.5 Å². The zero-order valence-electron chi connectivity index (χ0n) is 13.9. The van der Waals surface area contributed by atoms with Crippen molar-refractivity contribution >= 4 is 40.2 Å². The molecule has 0 radical (unpaired) electrons. The number of halogens is 1. The fourth-order valence-corrected chi connectivity index (χ4v) is 3.54. The Balaban J connectivity index is 1.73. The molecule has 0 aliphatic rings. The number of benzene rings is 1. The van der Waals surface area contributed by atoms with Gasteiger partial charge in [0.25, 0.3) is 0 Å². The number of carbonyl (C=O) groups excluding carboxylic acids is 1. The number of para-hydroxylation sites is 1. The molecule has 0 unspecified atom stereocenters. The number of hydrogen-bond acceptors (Lipinski definition) is 6. The fourth-order valence-electron chi connectivity index (χ4n) is 2.35. The first-order chi connectivity index (χ1) is 12.1. The monoisotopic (exact) mass is 376 g/mol. The standard InChI is InChI=1S/C17H17ClN4O2S/c1-3-24-15(23)9-14-20-21-17(22(14)2)25-10-12-8-11-6-4-5-7-13(11)19-16(12)18/h4-8H,3,9-10H2,1-2H3. The number of nitrogens with zero attached hydrogens (tertiary/aromatic N) is 4. The number of rotatable bonds is 6. The molecule has 0 bridgehead atoms. The number of fused-ring (bicyclic) bond motifs is 1. The highest BCUT2D eigenvalue weighted by molar-refractivity contribution is 7.98. The quantitative estimate of drug-likeness (QED) is 0.373. The normalized spacial score (nSPS) is 11.0. The minimum atomic E-state index is -0.309. The van der Waals surface area contributed by atoms with Crippen LogP contribution >= 0.6 is 23.4 Å². The minimum absolute atomic E-state index is 0.107. The molecule has 0 N–H and O–H groups in total. The summed E-state index contributed by atoms with van der Waals surface area (Å²) in [7, 11) is 1.83. The van der Waals surface area contributed by atoms with Gasteiger partial charge in [-0.05, 0) is 19.1 Å². The second-order valence-electron chi connectivity index (χ2n) is 5.36. The number of hydrogen-bond donors (Lipinski definition) is 0. The molecule has 0 amide bonds. The molecule has 0 aliphatic carbocycles. The average molecular weight is 377 g/mol. The smallest absolute Gasteiger partial charge is 0.313 e. The Morgan fingerprint density at radius 1 is 1.32 bits per heavy atom. The SMILES string of the molecule is CCOC(=O)Cc1nnc(SCc2cc3ccccc3nc2Cl)n1C. The summed E-state index contributed by atoms with van der Waals surface area (Å²) in [5.41, 5.74) is 1.80. The lowest BCUT2D eigenvalue weighted by atomic mass is 10.2. The Labute approximate surface area is 154 Å². The van der Waals surface area contributed by atoms with Crippen LogP contribution in [0, 0.1) is 0 Å². The number of ether oxygens (including phenoxy) is 1. The van der Waals surface area contributed by atoms with Crippen LogP contribution in [0.4, 0.5) is 0 Å². The van der Waals surface area contributed by atoms with Crippen LogP contribution in [0.2, 0.25) is 5.15 Å². The first-order valence-electron chi connectivity index (χ1n) is 7.79. The summed E-state index contributed by atoms with van der Waals surface area (Å²) in [6.07, 6.45) is 0.107. The van der Waals surface area contributed by atoms with Crippen LogP contribution in [0.5, 0.6) is 0 Å². The zero-order valence-corrected chi connectivity index (χ0v) is 15.5. The molecule has 130 valence electrons. The fraction of sp³-hybridized carbons (Fsp3) is 0.294. The van der Waals surface area contributed by atoms with Gasteiger partial charge in [-0.2, -0.15) is 0 Å². The van der Waals surface area contributed by atoms with Crippen LogP contribution in [-0.2, 0) is 28.8 Å². The van der Waals surface area contributed by atoms with E-state index in [1.807, 2.05) is 37.4 Å². The van der Waals surface area contributed by atoms with E-state index in [2.05, 4.69) is 15.2 Å². The van der Waals surface area contributed by atoms with Gasteiger partial charge in [0, 0.05) is 23.8 Å². The molecule has 6 nitrogen and oxygen atoms in total. The second kappa shape index (κ2) is 7.84. The van der Waals surface area contributed by atoms with Crippen LogP contribution in [-0.4, -0.2) is 32.3 Å². The molecular weight excluding hydrogens is 360 g/mol. The molecule has 0 spiro atoms. The summed E-state index contributed by atoms with van der Waals surface area (Å²) < 4.78 is 6.74. The molecule has 3 rings (SSSR count). The van der Waals surface area contributed by atoms with Gasteiger partial charge in [-0.25, -0.2) is 4.98 Å². The van der Waals surface area contributed by atoms with Gasteiger partial charge in [0.15, 0.2) is 5.16 Å². The Morgan fingerprint density at radius 3 is 2.92 bits per heavy atom. The Kier molecular flexibility index (Phi) is 5.55. The van der Waals surface area contributed by atoms with Crippen molar-refractivity contribution < 1.29 is 9.53 Å².